The maximum Gasteiger partial charge on any atom is 0.391 e. The van der Waals surface area contributed by atoms with Crippen molar-refractivity contribution in [3.8, 4) is 0 Å². The first kappa shape index (κ1) is 15.3. The van der Waals surface area contributed by atoms with Gasteiger partial charge in [0.2, 0.25) is 0 Å². The number of hydrogen-bond acceptors (Lipinski definition) is 2. The SMILES string of the molecule is C=COCC1CCC(COCCC(F)(F)F)CC1. The molecule has 1 fully saturated rings. The van der Waals surface area contributed by atoms with Crippen LogP contribution in [-0.4, -0.2) is 26.0 Å². The van der Waals surface area contributed by atoms with E-state index >= 15 is 0 Å². The second-order valence-electron chi connectivity index (χ2n) is 4.83. The highest BCUT2D eigenvalue weighted by Crippen LogP contribution is 2.29. The van der Waals surface area contributed by atoms with Gasteiger partial charge in [0.15, 0.2) is 0 Å². The van der Waals surface area contributed by atoms with Crippen molar-refractivity contribution >= 4 is 0 Å². The van der Waals surface area contributed by atoms with E-state index in [9.17, 15) is 13.2 Å². The summed E-state index contributed by atoms with van der Waals surface area (Å²) in [6.07, 6.45) is 0.623. The fraction of sp³-hybridized carbons (Fsp3) is 0.846. The Kier molecular flexibility index (Phi) is 6.54. The van der Waals surface area contributed by atoms with E-state index in [2.05, 4.69) is 6.58 Å². The van der Waals surface area contributed by atoms with Gasteiger partial charge in [-0.1, -0.05) is 6.58 Å². The molecule has 1 saturated carbocycles. The summed E-state index contributed by atoms with van der Waals surface area (Å²) in [6.45, 7) is 4.43. The van der Waals surface area contributed by atoms with E-state index in [0.29, 0.717) is 25.0 Å². The Hall–Kier alpha value is -0.710. The summed E-state index contributed by atoms with van der Waals surface area (Å²) in [5, 5.41) is 0. The van der Waals surface area contributed by atoms with Gasteiger partial charge in [0.25, 0.3) is 0 Å². The van der Waals surface area contributed by atoms with Gasteiger partial charge in [-0.25, -0.2) is 0 Å². The van der Waals surface area contributed by atoms with E-state index in [-0.39, 0.29) is 6.61 Å². The van der Waals surface area contributed by atoms with E-state index < -0.39 is 12.6 Å². The van der Waals surface area contributed by atoms with Crippen LogP contribution in [0.25, 0.3) is 0 Å². The van der Waals surface area contributed by atoms with E-state index in [0.717, 1.165) is 25.7 Å². The fourth-order valence-electron chi connectivity index (χ4n) is 2.21. The summed E-state index contributed by atoms with van der Waals surface area (Å²) in [4.78, 5) is 0. The number of rotatable bonds is 7. The van der Waals surface area contributed by atoms with Gasteiger partial charge in [0, 0.05) is 6.61 Å². The Balaban J connectivity index is 2.03. The highest BCUT2D eigenvalue weighted by molar-refractivity contribution is 4.72. The van der Waals surface area contributed by atoms with E-state index in [1.165, 1.54) is 6.26 Å². The van der Waals surface area contributed by atoms with Gasteiger partial charge in [-0.05, 0) is 37.5 Å². The van der Waals surface area contributed by atoms with Gasteiger partial charge < -0.3 is 9.47 Å². The molecule has 0 heterocycles. The van der Waals surface area contributed by atoms with Crippen LogP contribution in [0.3, 0.4) is 0 Å². The zero-order valence-electron chi connectivity index (χ0n) is 10.5. The van der Waals surface area contributed by atoms with Gasteiger partial charge in [-0.3, -0.25) is 0 Å². The molecule has 0 unspecified atom stereocenters. The van der Waals surface area contributed by atoms with Crippen molar-refractivity contribution in [1.29, 1.82) is 0 Å². The molecular formula is C13H21F3O2. The van der Waals surface area contributed by atoms with Gasteiger partial charge in [0.1, 0.15) is 0 Å². The number of hydrogen-bond donors (Lipinski definition) is 0. The Morgan fingerprint density at radius 1 is 1.06 bits per heavy atom. The van der Waals surface area contributed by atoms with Crippen molar-refractivity contribution in [3.63, 3.8) is 0 Å². The quantitative estimate of drug-likeness (QED) is 0.513. The molecule has 0 aromatic rings. The molecule has 106 valence electrons. The fourth-order valence-corrected chi connectivity index (χ4v) is 2.21. The number of alkyl halides is 3. The molecule has 1 aliphatic carbocycles. The summed E-state index contributed by atoms with van der Waals surface area (Å²) in [5.41, 5.74) is 0. The Morgan fingerprint density at radius 3 is 2.11 bits per heavy atom. The third kappa shape index (κ3) is 6.89. The second-order valence-corrected chi connectivity index (χ2v) is 4.83. The first-order valence-electron chi connectivity index (χ1n) is 6.38. The van der Waals surface area contributed by atoms with Gasteiger partial charge in [0.05, 0.1) is 25.9 Å². The zero-order valence-corrected chi connectivity index (χ0v) is 10.5. The molecule has 0 bridgehead atoms. The van der Waals surface area contributed by atoms with Gasteiger partial charge >= 0.3 is 6.18 Å². The van der Waals surface area contributed by atoms with Crippen LogP contribution < -0.4 is 0 Å². The summed E-state index contributed by atoms with van der Waals surface area (Å²) in [6, 6.07) is 0. The van der Waals surface area contributed by atoms with E-state index in [1.807, 2.05) is 0 Å². The highest BCUT2D eigenvalue weighted by atomic mass is 19.4. The molecule has 1 rings (SSSR count). The van der Waals surface area contributed by atoms with Crippen LogP contribution >= 0.6 is 0 Å². The van der Waals surface area contributed by atoms with Crippen molar-refractivity contribution in [2.75, 3.05) is 19.8 Å². The van der Waals surface area contributed by atoms with Gasteiger partial charge in [-0.2, -0.15) is 13.2 Å². The van der Waals surface area contributed by atoms with Gasteiger partial charge in [-0.15, -0.1) is 0 Å². The molecule has 2 nitrogen and oxygen atoms in total. The first-order chi connectivity index (χ1) is 8.51. The maximum absolute atomic E-state index is 11.9. The average molecular weight is 266 g/mol. The first-order valence-corrected chi connectivity index (χ1v) is 6.38. The van der Waals surface area contributed by atoms with Crippen LogP contribution in [0.15, 0.2) is 12.8 Å². The lowest BCUT2D eigenvalue weighted by Crippen LogP contribution is -2.22. The second kappa shape index (κ2) is 7.67. The smallest absolute Gasteiger partial charge is 0.391 e. The molecule has 18 heavy (non-hydrogen) atoms. The predicted octanol–water partition coefficient (Wildman–Crippen LogP) is 3.92. The molecule has 1 aliphatic rings. The van der Waals surface area contributed by atoms with Crippen LogP contribution in [0.5, 0.6) is 0 Å². The predicted molar refractivity (Wildman–Crippen MR) is 63.1 cm³/mol. The van der Waals surface area contributed by atoms with Crippen molar-refractivity contribution in [2.24, 2.45) is 11.8 Å². The minimum absolute atomic E-state index is 0.219. The third-order valence-corrected chi connectivity index (χ3v) is 3.30. The van der Waals surface area contributed by atoms with Crippen LogP contribution in [0.4, 0.5) is 13.2 Å². The minimum Gasteiger partial charge on any atom is -0.502 e. The molecule has 0 aromatic heterocycles. The summed E-state index contributed by atoms with van der Waals surface area (Å²) >= 11 is 0. The zero-order chi connectivity index (χ0) is 13.4. The molecule has 0 aromatic carbocycles. The highest BCUT2D eigenvalue weighted by Gasteiger charge is 2.27. The number of ether oxygens (including phenoxy) is 2. The van der Waals surface area contributed by atoms with Crippen LogP contribution in [0.1, 0.15) is 32.1 Å². The number of halogens is 3. The summed E-state index contributed by atoms with van der Waals surface area (Å²) in [5.74, 6) is 0.952. The van der Waals surface area contributed by atoms with Crippen molar-refractivity contribution in [2.45, 2.75) is 38.3 Å². The lowest BCUT2D eigenvalue weighted by atomic mass is 9.83. The van der Waals surface area contributed by atoms with Crippen molar-refractivity contribution in [1.82, 2.24) is 0 Å². The van der Waals surface area contributed by atoms with Crippen LogP contribution in [0, 0.1) is 11.8 Å². The molecule has 0 spiro atoms. The van der Waals surface area contributed by atoms with E-state index in [4.69, 9.17) is 9.47 Å². The molecule has 5 heteroatoms. The molecule has 0 radical (unpaired) electrons. The largest absolute Gasteiger partial charge is 0.502 e. The summed E-state index contributed by atoms with van der Waals surface area (Å²) in [7, 11) is 0. The molecule has 0 N–H and O–H groups in total. The van der Waals surface area contributed by atoms with E-state index in [1.54, 1.807) is 0 Å². The lowest BCUT2D eigenvalue weighted by molar-refractivity contribution is -0.146. The molecule has 0 saturated heterocycles. The molecule has 0 aliphatic heterocycles. The molecule has 0 atom stereocenters. The topological polar surface area (TPSA) is 18.5 Å². The maximum atomic E-state index is 11.9. The monoisotopic (exact) mass is 266 g/mol. The Morgan fingerprint density at radius 2 is 1.61 bits per heavy atom. The standard InChI is InChI=1S/C13H21F3O2/c1-2-17-9-11-3-5-12(6-4-11)10-18-8-7-13(14,15)16/h2,11-12H,1,3-10H2. The van der Waals surface area contributed by atoms with Crippen LogP contribution in [-0.2, 0) is 9.47 Å². The Bertz CT molecular complexity index is 233. The summed E-state index contributed by atoms with van der Waals surface area (Å²) < 4.78 is 45.9. The van der Waals surface area contributed by atoms with Crippen LogP contribution in [0.2, 0.25) is 0 Å². The third-order valence-electron chi connectivity index (χ3n) is 3.30. The Labute approximate surface area is 106 Å². The molecule has 0 amide bonds. The lowest BCUT2D eigenvalue weighted by Gasteiger charge is -2.27. The normalized spacial score (nSPS) is 24.8. The average Bonchev–Trinajstić information content (AvgIpc) is 2.32. The van der Waals surface area contributed by atoms with Crippen molar-refractivity contribution in [3.05, 3.63) is 12.8 Å². The van der Waals surface area contributed by atoms with Crippen molar-refractivity contribution < 1.29 is 22.6 Å². The minimum atomic E-state index is -4.11. The molecular weight excluding hydrogens is 245 g/mol.